The summed E-state index contributed by atoms with van der Waals surface area (Å²) in [5.41, 5.74) is 2.39. The number of aromatic nitrogens is 1. The Morgan fingerprint density at radius 1 is 1.26 bits per heavy atom. The lowest BCUT2D eigenvalue weighted by molar-refractivity contribution is 0.0697. The molecule has 0 unspecified atom stereocenters. The third-order valence-electron chi connectivity index (χ3n) is 3.04. The van der Waals surface area contributed by atoms with Crippen molar-refractivity contribution >= 4 is 5.97 Å². The Bertz CT molecular complexity index is 621. The van der Waals surface area contributed by atoms with Crippen molar-refractivity contribution in [3.63, 3.8) is 0 Å². The van der Waals surface area contributed by atoms with E-state index in [0.717, 1.165) is 11.3 Å². The molecule has 0 fully saturated rings. The highest BCUT2D eigenvalue weighted by Gasteiger charge is 2.25. The lowest BCUT2D eigenvalue weighted by Crippen LogP contribution is -2.13. The van der Waals surface area contributed by atoms with Crippen molar-refractivity contribution in [2.24, 2.45) is 0 Å². The Morgan fingerprint density at radius 2 is 1.89 bits per heavy atom. The van der Waals surface area contributed by atoms with Crippen molar-refractivity contribution in [3.05, 3.63) is 41.1 Å². The van der Waals surface area contributed by atoms with Crippen LogP contribution in [0.15, 0.2) is 28.8 Å². The van der Waals surface area contributed by atoms with E-state index in [2.05, 4.69) is 5.16 Å². The third-order valence-corrected chi connectivity index (χ3v) is 3.04. The standard InChI is InChI=1S/C15H17NO3/c1-9-12(19-16-13(9)15(2,3)4)10-7-5-6-8-11(10)14(17)18/h5-8H,1-4H3,(H,17,18). The van der Waals surface area contributed by atoms with E-state index >= 15 is 0 Å². The summed E-state index contributed by atoms with van der Waals surface area (Å²) in [5, 5.41) is 13.3. The zero-order chi connectivity index (χ0) is 14.2. The second-order valence-electron chi connectivity index (χ2n) is 5.59. The molecule has 2 aromatic rings. The van der Waals surface area contributed by atoms with Crippen molar-refractivity contribution < 1.29 is 14.4 Å². The van der Waals surface area contributed by atoms with Gasteiger partial charge in [-0.3, -0.25) is 0 Å². The summed E-state index contributed by atoms with van der Waals surface area (Å²) in [5.74, 6) is -0.438. The van der Waals surface area contributed by atoms with Gasteiger partial charge in [-0.1, -0.05) is 44.1 Å². The van der Waals surface area contributed by atoms with E-state index < -0.39 is 5.97 Å². The minimum Gasteiger partial charge on any atom is -0.478 e. The molecular formula is C15H17NO3. The molecule has 0 amide bonds. The average Bonchev–Trinajstić information content (AvgIpc) is 2.70. The third kappa shape index (κ3) is 2.38. The molecule has 0 aliphatic rings. The van der Waals surface area contributed by atoms with Crippen LogP contribution in [0.4, 0.5) is 0 Å². The van der Waals surface area contributed by atoms with E-state index in [0.29, 0.717) is 11.3 Å². The van der Waals surface area contributed by atoms with Gasteiger partial charge in [0.2, 0.25) is 0 Å². The van der Waals surface area contributed by atoms with Crippen molar-refractivity contribution in [2.75, 3.05) is 0 Å². The maximum atomic E-state index is 11.2. The summed E-state index contributed by atoms with van der Waals surface area (Å²) in [7, 11) is 0. The van der Waals surface area contributed by atoms with Crippen LogP contribution in [0.1, 0.15) is 42.4 Å². The number of carboxylic acids is 1. The highest BCUT2D eigenvalue weighted by molar-refractivity contribution is 5.95. The Kier molecular flexibility index (Phi) is 3.18. The lowest BCUT2D eigenvalue weighted by Gasteiger charge is -2.15. The van der Waals surface area contributed by atoms with Crippen LogP contribution in [0, 0.1) is 6.92 Å². The first-order valence-corrected chi connectivity index (χ1v) is 6.12. The summed E-state index contributed by atoms with van der Waals surface area (Å²) in [6.07, 6.45) is 0. The average molecular weight is 259 g/mol. The Balaban J connectivity index is 2.62. The number of carbonyl (C=O) groups is 1. The van der Waals surface area contributed by atoms with E-state index in [1.807, 2.05) is 27.7 Å². The van der Waals surface area contributed by atoms with Crippen LogP contribution in [-0.2, 0) is 5.41 Å². The minimum atomic E-state index is -0.969. The number of hydrogen-bond donors (Lipinski definition) is 1. The van der Waals surface area contributed by atoms with Gasteiger partial charge in [0.1, 0.15) is 0 Å². The number of aromatic carboxylic acids is 1. The molecule has 1 aromatic heterocycles. The molecule has 19 heavy (non-hydrogen) atoms. The maximum Gasteiger partial charge on any atom is 0.336 e. The van der Waals surface area contributed by atoms with Crippen molar-refractivity contribution in [3.8, 4) is 11.3 Å². The summed E-state index contributed by atoms with van der Waals surface area (Å²) in [6, 6.07) is 6.80. The van der Waals surface area contributed by atoms with Crippen molar-refractivity contribution in [1.29, 1.82) is 0 Å². The molecule has 0 saturated heterocycles. The van der Waals surface area contributed by atoms with Gasteiger partial charge < -0.3 is 9.63 Å². The van der Waals surface area contributed by atoms with Gasteiger partial charge in [0, 0.05) is 16.5 Å². The molecular weight excluding hydrogens is 242 g/mol. The Labute approximate surface area is 112 Å². The predicted octanol–water partition coefficient (Wildman–Crippen LogP) is 3.65. The second-order valence-corrected chi connectivity index (χ2v) is 5.59. The van der Waals surface area contributed by atoms with Gasteiger partial charge in [0.05, 0.1) is 11.3 Å². The molecule has 0 bridgehead atoms. The van der Waals surface area contributed by atoms with Crippen molar-refractivity contribution in [1.82, 2.24) is 5.16 Å². The van der Waals surface area contributed by atoms with Gasteiger partial charge in [-0.2, -0.15) is 0 Å². The molecule has 0 aliphatic carbocycles. The highest BCUT2D eigenvalue weighted by Crippen LogP contribution is 2.33. The van der Waals surface area contributed by atoms with Crippen LogP contribution < -0.4 is 0 Å². The maximum absolute atomic E-state index is 11.2. The summed E-state index contributed by atoms with van der Waals surface area (Å²) in [6.45, 7) is 8.05. The minimum absolute atomic E-state index is 0.135. The fraction of sp³-hybridized carbons (Fsp3) is 0.333. The fourth-order valence-electron chi connectivity index (χ4n) is 2.15. The predicted molar refractivity (Wildman–Crippen MR) is 72.3 cm³/mol. The summed E-state index contributed by atoms with van der Waals surface area (Å²) >= 11 is 0. The van der Waals surface area contributed by atoms with E-state index in [4.69, 9.17) is 4.52 Å². The number of hydrogen-bond acceptors (Lipinski definition) is 3. The smallest absolute Gasteiger partial charge is 0.336 e. The molecule has 1 heterocycles. The molecule has 100 valence electrons. The molecule has 4 nitrogen and oxygen atoms in total. The molecule has 1 N–H and O–H groups in total. The van der Waals surface area contributed by atoms with Crippen LogP contribution >= 0.6 is 0 Å². The monoisotopic (exact) mass is 259 g/mol. The van der Waals surface area contributed by atoms with Gasteiger partial charge in [0.15, 0.2) is 5.76 Å². The number of carboxylic acid groups (broad SMARTS) is 1. The first-order chi connectivity index (χ1) is 8.82. The number of nitrogens with zero attached hydrogens (tertiary/aromatic N) is 1. The topological polar surface area (TPSA) is 63.3 Å². The van der Waals surface area contributed by atoms with Gasteiger partial charge >= 0.3 is 5.97 Å². The molecule has 0 saturated carbocycles. The van der Waals surface area contributed by atoms with E-state index in [-0.39, 0.29) is 11.0 Å². The second kappa shape index (κ2) is 4.53. The van der Waals surface area contributed by atoms with Gasteiger partial charge in [-0.05, 0) is 13.0 Å². The quantitative estimate of drug-likeness (QED) is 0.894. The summed E-state index contributed by atoms with van der Waals surface area (Å²) in [4.78, 5) is 11.2. The SMILES string of the molecule is Cc1c(C(C)(C)C)noc1-c1ccccc1C(=O)O. The number of rotatable bonds is 2. The van der Waals surface area contributed by atoms with E-state index in [9.17, 15) is 9.90 Å². The van der Waals surface area contributed by atoms with Crippen LogP contribution in [0.5, 0.6) is 0 Å². The van der Waals surface area contributed by atoms with Gasteiger partial charge in [-0.15, -0.1) is 0 Å². The van der Waals surface area contributed by atoms with Crippen LogP contribution in [0.25, 0.3) is 11.3 Å². The van der Waals surface area contributed by atoms with Crippen molar-refractivity contribution in [2.45, 2.75) is 33.1 Å². The fourth-order valence-corrected chi connectivity index (χ4v) is 2.15. The highest BCUT2D eigenvalue weighted by atomic mass is 16.5. The van der Waals surface area contributed by atoms with Crippen LogP contribution in [-0.4, -0.2) is 16.2 Å². The first-order valence-electron chi connectivity index (χ1n) is 6.12. The lowest BCUT2D eigenvalue weighted by atomic mass is 9.88. The van der Waals surface area contributed by atoms with Gasteiger partial charge in [-0.25, -0.2) is 4.79 Å². The van der Waals surface area contributed by atoms with Crippen LogP contribution in [0.3, 0.4) is 0 Å². The molecule has 0 atom stereocenters. The summed E-state index contributed by atoms with van der Waals surface area (Å²) < 4.78 is 5.39. The zero-order valence-corrected chi connectivity index (χ0v) is 11.5. The van der Waals surface area contributed by atoms with Gasteiger partial charge in [0.25, 0.3) is 0 Å². The Morgan fingerprint density at radius 3 is 2.42 bits per heavy atom. The zero-order valence-electron chi connectivity index (χ0n) is 11.5. The molecule has 0 spiro atoms. The Hall–Kier alpha value is -2.10. The molecule has 1 aromatic carbocycles. The van der Waals surface area contributed by atoms with E-state index in [1.165, 1.54) is 0 Å². The molecule has 2 rings (SSSR count). The molecule has 0 radical (unpaired) electrons. The number of benzene rings is 1. The van der Waals surface area contributed by atoms with E-state index in [1.54, 1.807) is 24.3 Å². The van der Waals surface area contributed by atoms with Crippen LogP contribution in [0.2, 0.25) is 0 Å². The molecule has 4 heteroatoms. The normalized spacial score (nSPS) is 11.6. The largest absolute Gasteiger partial charge is 0.478 e. The molecule has 0 aliphatic heterocycles. The first kappa shape index (κ1) is 13.3.